The third-order valence-corrected chi connectivity index (χ3v) is 16.3. The fourth-order valence-electron chi connectivity index (χ4n) is 13.2. The molecule has 0 saturated heterocycles. The minimum atomic E-state index is -0.469. The first-order valence-corrected chi connectivity index (χ1v) is 25.2. The Hall–Kier alpha value is -8.98. The van der Waals surface area contributed by atoms with Crippen molar-refractivity contribution in [1.82, 2.24) is 0 Å². The standard InChI is InChI=1S/C70H47NO/c1-69(2)58-30-11-6-21-50(58)51-42-41-47(43-63(51)69)71(64-35-14-9-22-52(64)54-28-16-29-55-53-23-10-15-36-65(53)72-68(54)55)46-39-37-45(38-40-46)49-27-18-34-62-67(49)57-25-8-13-32-60(57)70(62)59-31-12-7-24-56(59)66-48(26-17-33-61(66)70)44-19-4-3-5-20-44/h3-43H,1-2H3. The summed E-state index contributed by atoms with van der Waals surface area (Å²) in [5.41, 5.74) is 27.4. The van der Waals surface area contributed by atoms with E-state index in [1.54, 1.807) is 0 Å². The number of para-hydroxylation sites is 3. The van der Waals surface area contributed by atoms with Crippen molar-refractivity contribution >= 4 is 39.0 Å². The maximum absolute atomic E-state index is 6.72. The number of hydrogen-bond acceptors (Lipinski definition) is 2. The summed E-state index contributed by atoms with van der Waals surface area (Å²) in [7, 11) is 0. The Balaban J connectivity index is 0.917. The van der Waals surface area contributed by atoms with E-state index in [4.69, 9.17) is 4.42 Å². The summed E-state index contributed by atoms with van der Waals surface area (Å²) >= 11 is 0. The zero-order valence-corrected chi connectivity index (χ0v) is 40.0. The van der Waals surface area contributed by atoms with E-state index in [0.29, 0.717) is 0 Å². The molecular formula is C70H47NO. The highest BCUT2D eigenvalue weighted by molar-refractivity contribution is 6.11. The van der Waals surface area contributed by atoms with E-state index in [-0.39, 0.29) is 5.41 Å². The van der Waals surface area contributed by atoms with Gasteiger partial charge in [-0.1, -0.05) is 226 Å². The molecule has 2 heteroatoms. The topological polar surface area (TPSA) is 16.4 Å². The van der Waals surface area contributed by atoms with Crippen LogP contribution in [0.25, 0.3) is 88.7 Å². The third kappa shape index (κ3) is 5.55. The van der Waals surface area contributed by atoms with E-state index in [1.165, 1.54) is 89.0 Å². The number of rotatable bonds is 6. The van der Waals surface area contributed by atoms with Crippen LogP contribution in [-0.2, 0) is 10.8 Å². The summed E-state index contributed by atoms with van der Waals surface area (Å²) in [6.45, 7) is 4.73. The van der Waals surface area contributed by atoms with Crippen LogP contribution in [0.4, 0.5) is 17.1 Å². The van der Waals surface area contributed by atoms with E-state index in [1.807, 2.05) is 6.07 Å². The predicted molar refractivity (Wildman–Crippen MR) is 299 cm³/mol. The molecule has 0 amide bonds. The summed E-state index contributed by atoms with van der Waals surface area (Å²) < 4.78 is 6.72. The zero-order chi connectivity index (χ0) is 47.7. The van der Waals surface area contributed by atoms with Gasteiger partial charge in [0.15, 0.2) is 0 Å². The molecule has 72 heavy (non-hydrogen) atoms. The molecule has 338 valence electrons. The van der Waals surface area contributed by atoms with Crippen molar-refractivity contribution in [2.24, 2.45) is 0 Å². The molecule has 0 radical (unpaired) electrons. The molecule has 0 aliphatic heterocycles. The average molecular weight is 918 g/mol. The summed E-state index contributed by atoms with van der Waals surface area (Å²) in [6, 6.07) is 92.1. The molecule has 2 nitrogen and oxygen atoms in total. The van der Waals surface area contributed by atoms with E-state index < -0.39 is 5.41 Å². The summed E-state index contributed by atoms with van der Waals surface area (Å²) in [6.07, 6.45) is 0. The van der Waals surface area contributed by atoms with Crippen LogP contribution >= 0.6 is 0 Å². The average Bonchev–Trinajstić information content (AvgIpc) is 4.14. The van der Waals surface area contributed by atoms with Gasteiger partial charge < -0.3 is 9.32 Å². The quantitative estimate of drug-likeness (QED) is 0.165. The molecule has 3 aliphatic carbocycles. The third-order valence-electron chi connectivity index (χ3n) is 16.3. The summed E-state index contributed by atoms with van der Waals surface area (Å²) in [5.74, 6) is 0. The minimum absolute atomic E-state index is 0.165. The number of furan rings is 1. The number of hydrogen-bond donors (Lipinski definition) is 0. The molecule has 0 fully saturated rings. The van der Waals surface area contributed by atoms with Crippen LogP contribution in [-0.4, -0.2) is 0 Å². The Morgan fingerprint density at radius 3 is 1.51 bits per heavy atom. The second-order valence-corrected chi connectivity index (χ2v) is 20.2. The Morgan fingerprint density at radius 1 is 0.319 bits per heavy atom. The lowest BCUT2D eigenvalue weighted by Gasteiger charge is -2.31. The first-order valence-electron chi connectivity index (χ1n) is 25.2. The van der Waals surface area contributed by atoms with Gasteiger partial charge in [-0.2, -0.15) is 0 Å². The van der Waals surface area contributed by atoms with Crippen LogP contribution in [0.15, 0.2) is 253 Å². The van der Waals surface area contributed by atoms with Gasteiger partial charge in [0.2, 0.25) is 0 Å². The zero-order valence-electron chi connectivity index (χ0n) is 40.0. The highest BCUT2D eigenvalue weighted by Gasteiger charge is 2.52. The normalized spacial score (nSPS) is 15.2. The van der Waals surface area contributed by atoms with Crippen LogP contribution in [0, 0.1) is 0 Å². The van der Waals surface area contributed by atoms with Gasteiger partial charge in [0, 0.05) is 38.7 Å². The molecule has 1 spiro atoms. The number of fused-ring (bicyclic) bond motifs is 16. The van der Waals surface area contributed by atoms with Gasteiger partial charge in [-0.05, 0) is 125 Å². The summed E-state index contributed by atoms with van der Waals surface area (Å²) in [4.78, 5) is 2.45. The monoisotopic (exact) mass is 917 g/mol. The molecule has 11 aromatic carbocycles. The molecule has 1 atom stereocenters. The molecule has 15 rings (SSSR count). The van der Waals surface area contributed by atoms with E-state index in [9.17, 15) is 0 Å². The van der Waals surface area contributed by atoms with Gasteiger partial charge in [-0.3, -0.25) is 0 Å². The van der Waals surface area contributed by atoms with Gasteiger partial charge in [-0.15, -0.1) is 0 Å². The molecule has 0 saturated carbocycles. The van der Waals surface area contributed by atoms with Crippen molar-refractivity contribution in [2.45, 2.75) is 24.7 Å². The van der Waals surface area contributed by atoms with Gasteiger partial charge in [0.25, 0.3) is 0 Å². The summed E-state index contributed by atoms with van der Waals surface area (Å²) in [5, 5.41) is 2.24. The lowest BCUT2D eigenvalue weighted by atomic mass is 9.70. The van der Waals surface area contributed by atoms with Crippen molar-refractivity contribution in [3.8, 4) is 66.8 Å². The van der Waals surface area contributed by atoms with Gasteiger partial charge in [0.05, 0.1) is 11.1 Å². The molecule has 12 aromatic rings. The van der Waals surface area contributed by atoms with Crippen molar-refractivity contribution in [3.63, 3.8) is 0 Å². The van der Waals surface area contributed by atoms with E-state index in [0.717, 1.165) is 50.1 Å². The van der Waals surface area contributed by atoms with Crippen LogP contribution in [0.5, 0.6) is 0 Å². The first kappa shape index (κ1) is 40.9. The smallest absolute Gasteiger partial charge is 0.143 e. The SMILES string of the molecule is CC1(C)c2ccccc2-c2ccc(N(c3ccc(-c4cccc5c4-c4ccccc4C54c5ccccc5-c5c(-c6ccccc6)cccc54)cc3)c3ccccc3-c3cccc4c3oc3ccccc34)cc21. The lowest BCUT2D eigenvalue weighted by Crippen LogP contribution is -2.25. The van der Waals surface area contributed by atoms with Crippen molar-refractivity contribution < 1.29 is 4.42 Å². The van der Waals surface area contributed by atoms with Gasteiger partial charge in [0.1, 0.15) is 11.2 Å². The fourth-order valence-corrected chi connectivity index (χ4v) is 13.2. The Morgan fingerprint density at radius 2 is 0.806 bits per heavy atom. The molecule has 1 aromatic heterocycles. The van der Waals surface area contributed by atoms with Crippen LogP contribution in [0.2, 0.25) is 0 Å². The van der Waals surface area contributed by atoms with Crippen molar-refractivity contribution in [1.29, 1.82) is 0 Å². The van der Waals surface area contributed by atoms with Crippen LogP contribution < -0.4 is 4.90 Å². The minimum Gasteiger partial charge on any atom is -0.455 e. The molecule has 0 bridgehead atoms. The fraction of sp³-hybridized carbons (Fsp3) is 0.0571. The molecular weight excluding hydrogens is 871 g/mol. The second-order valence-electron chi connectivity index (χ2n) is 20.2. The van der Waals surface area contributed by atoms with E-state index >= 15 is 0 Å². The highest BCUT2D eigenvalue weighted by Crippen LogP contribution is 2.65. The van der Waals surface area contributed by atoms with Crippen molar-refractivity contribution in [2.75, 3.05) is 4.90 Å². The number of benzene rings is 11. The Bertz CT molecular complexity index is 4190. The lowest BCUT2D eigenvalue weighted by molar-refractivity contribution is 0.660. The number of nitrogens with zero attached hydrogens (tertiary/aromatic N) is 1. The van der Waals surface area contributed by atoms with Gasteiger partial charge in [-0.25, -0.2) is 0 Å². The molecule has 1 unspecified atom stereocenters. The maximum Gasteiger partial charge on any atom is 0.143 e. The van der Waals surface area contributed by atoms with Crippen LogP contribution in [0.3, 0.4) is 0 Å². The van der Waals surface area contributed by atoms with E-state index in [2.05, 4.69) is 261 Å². The van der Waals surface area contributed by atoms with Crippen molar-refractivity contribution in [3.05, 3.63) is 282 Å². The predicted octanol–water partition coefficient (Wildman–Crippen LogP) is 18.7. The number of anilines is 3. The Labute approximate surface area is 419 Å². The molecule has 0 N–H and O–H groups in total. The molecule has 1 heterocycles. The largest absolute Gasteiger partial charge is 0.455 e. The Kier molecular flexibility index (Phi) is 8.66. The van der Waals surface area contributed by atoms with Gasteiger partial charge >= 0.3 is 0 Å². The molecule has 3 aliphatic rings. The second kappa shape index (κ2) is 15.3. The highest BCUT2D eigenvalue weighted by atomic mass is 16.3. The van der Waals surface area contributed by atoms with Crippen LogP contribution in [0.1, 0.15) is 47.2 Å². The maximum atomic E-state index is 6.72. The first-order chi connectivity index (χ1) is 35.5.